The molecule has 1 amide bonds. The number of benzene rings is 1. The normalized spacial score (nSPS) is 11.7. The molecule has 0 aliphatic heterocycles. The van der Waals surface area contributed by atoms with Crippen molar-refractivity contribution in [1.29, 1.82) is 0 Å². The largest absolute Gasteiger partial charge is 0.318 e. The highest BCUT2D eigenvalue weighted by Crippen LogP contribution is 2.30. The summed E-state index contributed by atoms with van der Waals surface area (Å²) in [6.07, 6.45) is 0. The second kappa shape index (κ2) is 6.12. The molecule has 0 saturated heterocycles. The predicted molar refractivity (Wildman–Crippen MR) is 79.1 cm³/mol. The third-order valence-electron chi connectivity index (χ3n) is 2.29. The number of nitrogens with zero attached hydrogens (tertiary/aromatic N) is 2. The Bertz CT molecular complexity index is 779. The molecule has 0 fully saturated rings. The van der Waals surface area contributed by atoms with Crippen LogP contribution in [0.2, 0.25) is 0 Å². The van der Waals surface area contributed by atoms with Crippen molar-refractivity contribution in [3.05, 3.63) is 36.4 Å². The van der Waals surface area contributed by atoms with Gasteiger partial charge in [-0.1, -0.05) is 11.3 Å². The maximum Gasteiger partial charge on any atom is 0.294 e. The van der Waals surface area contributed by atoms with Crippen molar-refractivity contribution in [1.82, 2.24) is 0 Å². The van der Waals surface area contributed by atoms with Crippen LogP contribution in [-0.2, 0) is 14.9 Å². The number of hydrogen-bond acceptors (Lipinski definition) is 6. The first-order valence-corrected chi connectivity index (χ1v) is 7.97. The summed E-state index contributed by atoms with van der Waals surface area (Å²) >= 11 is 1.26. The Kier molecular flexibility index (Phi) is 4.46. The van der Waals surface area contributed by atoms with E-state index in [2.05, 4.69) is 15.5 Å². The number of carbonyl (C=O) groups is 1. The molecule has 0 radical (unpaired) electrons. The summed E-state index contributed by atoms with van der Waals surface area (Å²) in [4.78, 5) is 10.7. The minimum Gasteiger partial charge on any atom is -0.318 e. The topological polar surface area (TPSA) is 108 Å². The van der Waals surface area contributed by atoms with E-state index in [1.165, 1.54) is 42.5 Å². The van der Waals surface area contributed by atoms with Gasteiger partial charge in [-0.05, 0) is 36.4 Å². The molecule has 0 aliphatic carbocycles. The summed E-state index contributed by atoms with van der Waals surface area (Å²) in [6.45, 7) is 1.41. The van der Waals surface area contributed by atoms with Crippen molar-refractivity contribution < 1.29 is 17.8 Å². The maximum atomic E-state index is 10.9. The van der Waals surface area contributed by atoms with E-state index < -0.39 is 10.1 Å². The highest BCUT2D eigenvalue weighted by Gasteiger charge is 2.08. The molecule has 1 aromatic carbocycles. The van der Waals surface area contributed by atoms with Crippen LogP contribution >= 0.6 is 11.3 Å². The molecule has 9 heteroatoms. The molecule has 0 aliphatic rings. The van der Waals surface area contributed by atoms with E-state index in [0.29, 0.717) is 15.7 Å². The molecule has 1 aromatic heterocycles. The molecule has 0 atom stereocenters. The quantitative estimate of drug-likeness (QED) is 0.663. The Morgan fingerprint density at radius 1 is 1.14 bits per heavy atom. The zero-order valence-corrected chi connectivity index (χ0v) is 12.5. The fourth-order valence-electron chi connectivity index (χ4n) is 1.41. The van der Waals surface area contributed by atoms with Crippen molar-refractivity contribution in [2.75, 3.05) is 5.32 Å². The van der Waals surface area contributed by atoms with Crippen molar-refractivity contribution in [2.24, 2.45) is 10.2 Å². The minimum atomic E-state index is -4.21. The number of hydrogen-bond donors (Lipinski definition) is 2. The molecule has 0 spiro atoms. The Labute approximate surface area is 125 Å². The maximum absolute atomic E-state index is 10.9. The van der Waals surface area contributed by atoms with E-state index in [1.807, 2.05) is 0 Å². The lowest BCUT2D eigenvalue weighted by atomic mass is 10.3. The van der Waals surface area contributed by atoms with Crippen LogP contribution in [0.1, 0.15) is 6.92 Å². The molecule has 2 rings (SSSR count). The van der Waals surface area contributed by atoms with Crippen LogP contribution in [0.5, 0.6) is 0 Å². The number of amides is 1. The van der Waals surface area contributed by atoms with E-state index in [9.17, 15) is 13.2 Å². The van der Waals surface area contributed by atoms with Gasteiger partial charge in [-0.3, -0.25) is 9.35 Å². The molecule has 0 bridgehead atoms. The third-order valence-corrected chi connectivity index (χ3v) is 4.04. The van der Waals surface area contributed by atoms with Crippen molar-refractivity contribution in [2.45, 2.75) is 11.8 Å². The predicted octanol–water partition coefficient (Wildman–Crippen LogP) is 3.37. The van der Waals surface area contributed by atoms with Crippen molar-refractivity contribution in [3.63, 3.8) is 0 Å². The van der Waals surface area contributed by atoms with E-state index in [1.54, 1.807) is 12.1 Å². The lowest BCUT2D eigenvalue weighted by Crippen LogP contribution is -2.03. The SMILES string of the molecule is CC(=O)Nc1ccc(N=Nc2ccc(S(=O)(=O)O)cc2)s1. The zero-order valence-electron chi connectivity index (χ0n) is 10.8. The van der Waals surface area contributed by atoms with Gasteiger partial charge in [-0.25, -0.2) is 0 Å². The zero-order chi connectivity index (χ0) is 15.5. The number of thiophene rings is 1. The van der Waals surface area contributed by atoms with Crippen LogP contribution in [0.25, 0.3) is 0 Å². The molecule has 21 heavy (non-hydrogen) atoms. The molecular weight excluding hydrogens is 314 g/mol. The van der Waals surface area contributed by atoms with Gasteiger partial charge in [0.15, 0.2) is 0 Å². The van der Waals surface area contributed by atoms with Crippen LogP contribution in [0.15, 0.2) is 51.5 Å². The third kappa shape index (κ3) is 4.45. The van der Waals surface area contributed by atoms with Crippen LogP contribution in [-0.4, -0.2) is 18.9 Å². The summed E-state index contributed by atoms with van der Waals surface area (Å²) in [5, 5.41) is 11.8. The van der Waals surface area contributed by atoms with Gasteiger partial charge >= 0.3 is 0 Å². The monoisotopic (exact) mass is 325 g/mol. The molecule has 1 heterocycles. The van der Waals surface area contributed by atoms with Gasteiger partial charge in [-0.2, -0.15) is 8.42 Å². The molecule has 2 N–H and O–H groups in total. The molecular formula is C12H11N3O4S2. The summed E-state index contributed by atoms with van der Waals surface area (Å²) in [5.41, 5.74) is 0.442. The highest BCUT2D eigenvalue weighted by molar-refractivity contribution is 7.85. The Morgan fingerprint density at radius 2 is 1.81 bits per heavy atom. The number of carbonyl (C=O) groups excluding carboxylic acids is 1. The average molecular weight is 325 g/mol. The van der Waals surface area contributed by atoms with E-state index in [-0.39, 0.29) is 10.8 Å². The Morgan fingerprint density at radius 3 is 2.38 bits per heavy atom. The summed E-state index contributed by atoms with van der Waals surface area (Å²) < 4.78 is 30.6. The first-order chi connectivity index (χ1) is 9.84. The standard InChI is InChI=1S/C12H11N3O4S2/c1-8(16)13-11-6-7-12(20-11)15-14-9-2-4-10(5-3-9)21(17,18)19/h2-7H,1H3,(H,13,16)(H,17,18,19). The van der Waals surface area contributed by atoms with E-state index >= 15 is 0 Å². The number of nitrogens with one attached hydrogen (secondary N) is 1. The second-order valence-electron chi connectivity index (χ2n) is 3.99. The number of rotatable bonds is 4. The molecule has 0 unspecified atom stereocenters. The van der Waals surface area contributed by atoms with Gasteiger partial charge in [0.25, 0.3) is 10.1 Å². The van der Waals surface area contributed by atoms with Crippen LogP contribution in [0.4, 0.5) is 15.7 Å². The summed E-state index contributed by atoms with van der Waals surface area (Å²) in [5.74, 6) is -0.166. The Balaban J connectivity index is 2.10. The molecule has 7 nitrogen and oxygen atoms in total. The van der Waals surface area contributed by atoms with Crippen molar-refractivity contribution in [3.8, 4) is 0 Å². The fourth-order valence-corrected chi connectivity index (χ4v) is 2.67. The Hall–Kier alpha value is -2.10. The van der Waals surface area contributed by atoms with Gasteiger partial charge in [0.05, 0.1) is 15.6 Å². The van der Waals surface area contributed by atoms with Gasteiger partial charge < -0.3 is 5.32 Å². The first kappa shape index (κ1) is 15.3. The molecule has 0 saturated carbocycles. The van der Waals surface area contributed by atoms with Gasteiger partial charge in [0.1, 0.15) is 5.00 Å². The lowest BCUT2D eigenvalue weighted by molar-refractivity contribution is -0.114. The van der Waals surface area contributed by atoms with Crippen LogP contribution < -0.4 is 5.32 Å². The van der Waals surface area contributed by atoms with Gasteiger partial charge in [0, 0.05) is 6.92 Å². The van der Waals surface area contributed by atoms with E-state index in [4.69, 9.17) is 4.55 Å². The average Bonchev–Trinajstić information content (AvgIpc) is 2.82. The molecule has 110 valence electrons. The second-order valence-corrected chi connectivity index (χ2v) is 6.47. The van der Waals surface area contributed by atoms with Crippen LogP contribution in [0.3, 0.4) is 0 Å². The first-order valence-electron chi connectivity index (χ1n) is 5.71. The van der Waals surface area contributed by atoms with Crippen molar-refractivity contribution >= 4 is 43.1 Å². The minimum absolute atomic E-state index is 0.166. The van der Waals surface area contributed by atoms with E-state index in [0.717, 1.165) is 0 Å². The fraction of sp³-hybridized carbons (Fsp3) is 0.0833. The number of anilines is 1. The van der Waals surface area contributed by atoms with Crippen LogP contribution in [0, 0.1) is 0 Å². The molecule has 2 aromatic rings. The number of azo groups is 1. The summed E-state index contributed by atoms with van der Waals surface area (Å²) in [6, 6.07) is 8.74. The van der Waals surface area contributed by atoms with Gasteiger partial charge in [-0.15, -0.1) is 10.2 Å². The van der Waals surface area contributed by atoms with Gasteiger partial charge in [0.2, 0.25) is 5.91 Å². The smallest absolute Gasteiger partial charge is 0.294 e. The highest BCUT2D eigenvalue weighted by atomic mass is 32.2. The lowest BCUT2D eigenvalue weighted by Gasteiger charge is -1.96. The summed E-state index contributed by atoms with van der Waals surface area (Å²) in [7, 11) is -4.21.